The Bertz CT molecular complexity index is 415. The van der Waals surface area contributed by atoms with Crippen molar-refractivity contribution >= 4 is 29.5 Å². The maximum Gasteiger partial charge on any atom is 0.326 e. The van der Waals surface area contributed by atoms with Gasteiger partial charge < -0.3 is 14.9 Å². The highest BCUT2D eigenvalue weighted by Crippen LogP contribution is 2.26. The second-order valence-electron chi connectivity index (χ2n) is 5.31. The third-order valence-corrected chi connectivity index (χ3v) is 4.99. The van der Waals surface area contributed by atoms with E-state index in [1.807, 2.05) is 6.92 Å². The molecule has 2 saturated heterocycles. The summed E-state index contributed by atoms with van der Waals surface area (Å²) < 4.78 is 0. The van der Waals surface area contributed by atoms with Gasteiger partial charge in [-0.25, -0.2) is 4.79 Å². The molecule has 0 aromatic carbocycles. The molecule has 6 nitrogen and oxygen atoms in total. The maximum atomic E-state index is 12.3. The standard InChI is InChI=1S/C13H20N2O4S/c1-2-9-3-4-15(10(5-9)13(18)19)11(16)6-14-8-20-7-12(14)17/h9-10H,2-8H2,1H3,(H,18,19). The van der Waals surface area contributed by atoms with E-state index in [0.717, 1.165) is 12.8 Å². The van der Waals surface area contributed by atoms with E-state index < -0.39 is 12.0 Å². The number of hydrogen-bond donors (Lipinski definition) is 1. The highest BCUT2D eigenvalue weighted by molar-refractivity contribution is 8.00. The van der Waals surface area contributed by atoms with Gasteiger partial charge in [0, 0.05) is 6.54 Å². The highest BCUT2D eigenvalue weighted by Gasteiger charge is 2.36. The van der Waals surface area contributed by atoms with Gasteiger partial charge in [0.2, 0.25) is 11.8 Å². The van der Waals surface area contributed by atoms with Crippen LogP contribution in [0.5, 0.6) is 0 Å². The average molecular weight is 300 g/mol. The van der Waals surface area contributed by atoms with E-state index in [-0.39, 0.29) is 18.4 Å². The number of thioether (sulfide) groups is 1. The Labute approximate surface area is 122 Å². The van der Waals surface area contributed by atoms with Gasteiger partial charge in [0.1, 0.15) is 12.6 Å². The Morgan fingerprint density at radius 3 is 2.75 bits per heavy atom. The first-order chi connectivity index (χ1) is 9.52. The predicted octanol–water partition coefficient (Wildman–Crippen LogP) is 0.621. The number of likely N-dealkylation sites (tertiary alicyclic amines) is 1. The molecule has 2 aliphatic rings. The van der Waals surface area contributed by atoms with Crippen molar-refractivity contribution in [2.45, 2.75) is 32.2 Å². The molecule has 20 heavy (non-hydrogen) atoms. The van der Waals surface area contributed by atoms with Gasteiger partial charge in [0.05, 0.1) is 11.6 Å². The Morgan fingerprint density at radius 1 is 1.45 bits per heavy atom. The lowest BCUT2D eigenvalue weighted by molar-refractivity contribution is -0.154. The minimum absolute atomic E-state index is 0.00635. The van der Waals surface area contributed by atoms with Crippen molar-refractivity contribution in [2.75, 3.05) is 24.7 Å². The number of aliphatic carboxylic acids is 1. The third-order valence-electron chi connectivity index (χ3n) is 4.05. The molecule has 2 amide bonds. The van der Waals surface area contributed by atoms with E-state index >= 15 is 0 Å². The topological polar surface area (TPSA) is 77.9 Å². The fourth-order valence-corrected chi connectivity index (χ4v) is 3.64. The van der Waals surface area contributed by atoms with Gasteiger partial charge in [-0.05, 0) is 18.8 Å². The summed E-state index contributed by atoms with van der Waals surface area (Å²) in [6.45, 7) is 2.52. The molecule has 0 aromatic heterocycles. The predicted molar refractivity (Wildman–Crippen MR) is 75.2 cm³/mol. The monoisotopic (exact) mass is 300 g/mol. The van der Waals surface area contributed by atoms with E-state index in [9.17, 15) is 19.5 Å². The van der Waals surface area contributed by atoms with Crippen LogP contribution < -0.4 is 0 Å². The number of hydrogen-bond acceptors (Lipinski definition) is 4. The summed E-state index contributed by atoms with van der Waals surface area (Å²) >= 11 is 1.48. The Balaban J connectivity index is 2.00. The second-order valence-corrected chi connectivity index (χ2v) is 6.26. The molecule has 2 fully saturated rings. The largest absolute Gasteiger partial charge is 0.480 e. The van der Waals surface area contributed by atoms with Crippen molar-refractivity contribution in [3.05, 3.63) is 0 Å². The molecule has 0 bridgehead atoms. The lowest BCUT2D eigenvalue weighted by Gasteiger charge is -2.37. The molecule has 112 valence electrons. The van der Waals surface area contributed by atoms with Crippen molar-refractivity contribution in [3.63, 3.8) is 0 Å². The zero-order valence-corrected chi connectivity index (χ0v) is 12.4. The van der Waals surface area contributed by atoms with Crippen LogP contribution in [-0.4, -0.2) is 63.5 Å². The summed E-state index contributed by atoms with van der Waals surface area (Å²) in [5, 5.41) is 9.31. The molecule has 2 rings (SSSR count). The number of carbonyl (C=O) groups is 3. The summed E-state index contributed by atoms with van der Waals surface area (Å²) in [6.07, 6.45) is 2.29. The van der Waals surface area contributed by atoms with Crippen LogP contribution in [0, 0.1) is 5.92 Å². The summed E-state index contributed by atoms with van der Waals surface area (Å²) in [5.41, 5.74) is 0. The van der Waals surface area contributed by atoms with Gasteiger partial charge in [-0.15, -0.1) is 11.8 Å². The molecule has 2 atom stereocenters. The number of amides is 2. The molecule has 0 aromatic rings. The first-order valence-corrected chi connectivity index (χ1v) is 8.06. The zero-order valence-electron chi connectivity index (χ0n) is 11.6. The lowest BCUT2D eigenvalue weighted by atomic mass is 9.89. The van der Waals surface area contributed by atoms with E-state index in [0.29, 0.717) is 30.5 Å². The summed E-state index contributed by atoms with van der Waals surface area (Å²) in [4.78, 5) is 38.1. The van der Waals surface area contributed by atoms with Crippen LogP contribution in [0.25, 0.3) is 0 Å². The van der Waals surface area contributed by atoms with Gasteiger partial charge in [0.25, 0.3) is 0 Å². The summed E-state index contributed by atoms with van der Waals surface area (Å²) in [5.74, 6) is 0.0607. The van der Waals surface area contributed by atoms with Crippen molar-refractivity contribution in [3.8, 4) is 0 Å². The normalized spacial score (nSPS) is 26.9. The fraction of sp³-hybridized carbons (Fsp3) is 0.769. The van der Waals surface area contributed by atoms with E-state index in [1.165, 1.54) is 21.6 Å². The summed E-state index contributed by atoms with van der Waals surface area (Å²) in [6, 6.07) is -0.744. The van der Waals surface area contributed by atoms with Crippen LogP contribution in [0.4, 0.5) is 0 Å². The molecule has 2 aliphatic heterocycles. The average Bonchev–Trinajstić information content (AvgIpc) is 2.83. The van der Waals surface area contributed by atoms with Crippen molar-refractivity contribution < 1.29 is 19.5 Å². The molecule has 2 heterocycles. The molecular weight excluding hydrogens is 280 g/mol. The molecule has 0 aliphatic carbocycles. The van der Waals surface area contributed by atoms with Crippen LogP contribution in [0.2, 0.25) is 0 Å². The van der Waals surface area contributed by atoms with Crippen LogP contribution in [0.1, 0.15) is 26.2 Å². The molecule has 0 spiro atoms. The maximum absolute atomic E-state index is 12.3. The Hall–Kier alpha value is -1.24. The van der Waals surface area contributed by atoms with Gasteiger partial charge in [-0.3, -0.25) is 9.59 Å². The van der Waals surface area contributed by atoms with Gasteiger partial charge >= 0.3 is 5.97 Å². The van der Waals surface area contributed by atoms with Crippen LogP contribution >= 0.6 is 11.8 Å². The summed E-state index contributed by atoms with van der Waals surface area (Å²) in [7, 11) is 0. The molecule has 0 radical (unpaired) electrons. The molecule has 2 unspecified atom stereocenters. The number of piperidine rings is 1. The van der Waals surface area contributed by atoms with E-state index in [2.05, 4.69) is 0 Å². The number of carbonyl (C=O) groups excluding carboxylic acids is 2. The number of nitrogens with zero attached hydrogens (tertiary/aromatic N) is 2. The number of carboxylic acids is 1. The van der Waals surface area contributed by atoms with Gasteiger partial charge in [-0.2, -0.15) is 0 Å². The van der Waals surface area contributed by atoms with Crippen molar-refractivity contribution in [1.82, 2.24) is 9.80 Å². The number of rotatable bonds is 4. The SMILES string of the molecule is CCC1CCN(C(=O)CN2CSCC2=O)C(C(=O)O)C1. The van der Waals surface area contributed by atoms with Crippen LogP contribution in [0.15, 0.2) is 0 Å². The first kappa shape index (κ1) is 15.2. The third kappa shape index (κ3) is 3.26. The Kier molecular flexibility index (Phi) is 4.91. The molecule has 7 heteroatoms. The minimum atomic E-state index is -0.946. The van der Waals surface area contributed by atoms with Gasteiger partial charge in [-0.1, -0.05) is 13.3 Å². The van der Waals surface area contributed by atoms with Crippen LogP contribution in [-0.2, 0) is 14.4 Å². The quantitative estimate of drug-likeness (QED) is 0.823. The molecular formula is C13H20N2O4S. The zero-order chi connectivity index (χ0) is 14.7. The molecule has 1 N–H and O–H groups in total. The van der Waals surface area contributed by atoms with Crippen molar-refractivity contribution in [1.29, 1.82) is 0 Å². The first-order valence-electron chi connectivity index (χ1n) is 6.90. The smallest absolute Gasteiger partial charge is 0.326 e. The highest BCUT2D eigenvalue weighted by atomic mass is 32.2. The fourth-order valence-electron chi connectivity index (χ4n) is 2.74. The van der Waals surface area contributed by atoms with E-state index in [1.54, 1.807) is 0 Å². The van der Waals surface area contributed by atoms with Crippen molar-refractivity contribution in [2.24, 2.45) is 5.92 Å². The Morgan fingerprint density at radius 2 is 2.20 bits per heavy atom. The van der Waals surface area contributed by atoms with Crippen LogP contribution in [0.3, 0.4) is 0 Å². The molecule has 0 saturated carbocycles. The van der Waals surface area contributed by atoms with Gasteiger partial charge in [0.15, 0.2) is 0 Å². The number of carboxylic acid groups (broad SMARTS) is 1. The second kappa shape index (κ2) is 6.47. The van der Waals surface area contributed by atoms with E-state index in [4.69, 9.17) is 0 Å². The lowest BCUT2D eigenvalue weighted by Crippen LogP contribution is -2.53. The minimum Gasteiger partial charge on any atom is -0.480 e.